The Morgan fingerprint density at radius 3 is 1.94 bits per heavy atom. The molecule has 180 valence electrons. The van der Waals surface area contributed by atoms with E-state index in [4.69, 9.17) is 0 Å². The second-order valence-electron chi connectivity index (χ2n) is 9.87. The summed E-state index contributed by atoms with van der Waals surface area (Å²) in [5, 5.41) is 4.06. The standard InChI is InChI=1S/C32H30N2O2/c1-3-5-11-21(4-2)20-33-31(35)25-15-10-14-24-29(19-18-26(30(24)25)32(33)36)34-27-16-8-6-12-22(27)23-13-7-9-17-28(23)34/h6-10,12-19,21H,3-5,11,20H2,1-2H3. The van der Waals surface area contributed by atoms with Gasteiger partial charge in [0.25, 0.3) is 11.8 Å². The molecule has 0 N–H and O–H groups in total. The molecule has 1 atom stereocenters. The Morgan fingerprint density at radius 1 is 0.694 bits per heavy atom. The van der Waals surface area contributed by atoms with Crippen LogP contribution in [0.25, 0.3) is 38.3 Å². The molecule has 0 spiro atoms. The minimum absolute atomic E-state index is 0.174. The number of para-hydroxylation sites is 2. The van der Waals surface area contributed by atoms with Gasteiger partial charge in [0.2, 0.25) is 0 Å². The number of hydrogen-bond donors (Lipinski definition) is 0. The van der Waals surface area contributed by atoms with Gasteiger partial charge >= 0.3 is 0 Å². The molecule has 1 aliphatic rings. The van der Waals surface area contributed by atoms with Crippen LogP contribution in [0.3, 0.4) is 0 Å². The lowest BCUT2D eigenvalue weighted by Gasteiger charge is -2.30. The number of carbonyl (C=O) groups excluding carboxylic acids is 2. The SMILES string of the molecule is CCCCC(CC)CN1C(=O)c2cccc3c(-n4c5ccccc5c5ccccc54)ccc(c23)C1=O. The third-order valence-electron chi connectivity index (χ3n) is 7.77. The molecule has 2 heterocycles. The third-order valence-corrected chi connectivity index (χ3v) is 7.77. The number of aromatic nitrogens is 1. The van der Waals surface area contributed by atoms with Crippen LogP contribution in [0.5, 0.6) is 0 Å². The van der Waals surface area contributed by atoms with Gasteiger partial charge in [0, 0.05) is 39.2 Å². The van der Waals surface area contributed by atoms with Gasteiger partial charge in [-0.3, -0.25) is 14.5 Å². The number of benzene rings is 4. The van der Waals surface area contributed by atoms with Gasteiger partial charge < -0.3 is 4.57 Å². The summed E-state index contributed by atoms with van der Waals surface area (Å²) in [5.41, 5.74) is 4.44. The fraction of sp³-hybridized carbons (Fsp3) is 0.250. The van der Waals surface area contributed by atoms with E-state index in [1.165, 1.54) is 15.7 Å². The highest BCUT2D eigenvalue weighted by atomic mass is 16.2. The summed E-state index contributed by atoms with van der Waals surface area (Å²) in [4.78, 5) is 28.8. The smallest absolute Gasteiger partial charge is 0.261 e. The molecule has 4 nitrogen and oxygen atoms in total. The van der Waals surface area contributed by atoms with Gasteiger partial charge in [-0.2, -0.15) is 0 Å². The molecule has 0 radical (unpaired) electrons. The summed E-state index contributed by atoms with van der Waals surface area (Å²) in [7, 11) is 0. The number of nitrogens with zero attached hydrogens (tertiary/aromatic N) is 2. The zero-order valence-electron chi connectivity index (χ0n) is 20.8. The van der Waals surface area contributed by atoms with E-state index in [0.29, 0.717) is 23.6 Å². The van der Waals surface area contributed by atoms with E-state index in [0.717, 1.165) is 53.2 Å². The Bertz CT molecular complexity index is 1570. The van der Waals surface area contributed by atoms with Crippen molar-refractivity contribution in [3.05, 3.63) is 90.0 Å². The van der Waals surface area contributed by atoms with Gasteiger partial charge in [0.15, 0.2) is 0 Å². The van der Waals surface area contributed by atoms with Crippen LogP contribution in [0.1, 0.15) is 60.2 Å². The predicted octanol–water partition coefficient (Wildman–Crippen LogP) is 7.75. The average molecular weight is 475 g/mol. The molecule has 2 amide bonds. The maximum absolute atomic E-state index is 13.7. The molecule has 5 aromatic rings. The quantitative estimate of drug-likeness (QED) is 0.226. The Kier molecular flexibility index (Phi) is 5.60. The van der Waals surface area contributed by atoms with E-state index in [-0.39, 0.29) is 11.8 Å². The number of amides is 2. The lowest BCUT2D eigenvalue weighted by atomic mass is 9.91. The second-order valence-corrected chi connectivity index (χ2v) is 9.87. The molecule has 4 aromatic carbocycles. The zero-order valence-corrected chi connectivity index (χ0v) is 20.8. The van der Waals surface area contributed by atoms with Crippen molar-refractivity contribution in [2.45, 2.75) is 39.5 Å². The molecule has 0 saturated carbocycles. The van der Waals surface area contributed by atoms with Crippen LogP contribution >= 0.6 is 0 Å². The van der Waals surface area contributed by atoms with Crippen molar-refractivity contribution >= 4 is 44.4 Å². The van der Waals surface area contributed by atoms with E-state index in [2.05, 4.69) is 66.9 Å². The highest BCUT2D eigenvalue weighted by Crippen LogP contribution is 2.38. The first kappa shape index (κ1) is 22.5. The molecule has 4 heteroatoms. The maximum Gasteiger partial charge on any atom is 0.261 e. The van der Waals surface area contributed by atoms with Crippen LogP contribution in [0.4, 0.5) is 0 Å². The highest BCUT2D eigenvalue weighted by Gasteiger charge is 2.34. The summed E-state index contributed by atoms with van der Waals surface area (Å²) < 4.78 is 2.26. The van der Waals surface area contributed by atoms with Gasteiger partial charge in [-0.1, -0.05) is 81.6 Å². The lowest BCUT2D eigenvalue weighted by Crippen LogP contribution is -2.43. The van der Waals surface area contributed by atoms with Crippen LogP contribution in [0, 0.1) is 5.92 Å². The molecular formula is C32H30N2O2. The van der Waals surface area contributed by atoms with E-state index >= 15 is 0 Å². The van der Waals surface area contributed by atoms with Crippen molar-refractivity contribution in [1.82, 2.24) is 9.47 Å². The zero-order chi connectivity index (χ0) is 24.8. The minimum atomic E-state index is -0.174. The van der Waals surface area contributed by atoms with Crippen LogP contribution in [-0.4, -0.2) is 27.8 Å². The van der Waals surface area contributed by atoms with Gasteiger partial charge in [-0.05, 0) is 42.7 Å². The van der Waals surface area contributed by atoms with Crippen molar-refractivity contribution in [2.24, 2.45) is 5.92 Å². The highest BCUT2D eigenvalue weighted by molar-refractivity contribution is 6.26. The van der Waals surface area contributed by atoms with Crippen molar-refractivity contribution in [3.63, 3.8) is 0 Å². The number of imide groups is 1. The first-order valence-electron chi connectivity index (χ1n) is 13.0. The Labute approximate surface area is 211 Å². The van der Waals surface area contributed by atoms with Gasteiger partial charge in [0.1, 0.15) is 0 Å². The van der Waals surface area contributed by atoms with Crippen LogP contribution in [0.15, 0.2) is 78.9 Å². The molecule has 0 saturated heterocycles. The van der Waals surface area contributed by atoms with Gasteiger partial charge in [-0.25, -0.2) is 0 Å². The van der Waals surface area contributed by atoms with Crippen molar-refractivity contribution < 1.29 is 9.59 Å². The molecule has 6 rings (SSSR count). The van der Waals surface area contributed by atoms with Gasteiger partial charge in [-0.15, -0.1) is 0 Å². The minimum Gasteiger partial charge on any atom is -0.309 e. The average Bonchev–Trinajstić information content (AvgIpc) is 3.25. The molecule has 1 unspecified atom stereocenters. The molecule has 0 bridgehead atoms. The number of carbonyl (C=O) groups is 2. The molecule has 1 aromatic heterocycles. The maximum atomic E-state index is 13.7. The Hall–Kier alpha value is -3.92. The van der Waals surface area contributed by atoms with Crippen molar-refractivity contribution in [2.75, 3.05) is 6.54 Å². The number of rotatable bonds is 7. The first-order chi connectivity index (χ1) is 17.6. The number of unbranched alkanes of at least 4 members (excludes halogenated alkanes) is 1. The Morgan fingerprint density at radius 2 is 1.31 bits per heavy atom. The summed E-state index contributed by atoms with van der Waals surface area (Å²) in [5.74, 6) is -0.0182. The molecular weight excluding hydrogens is 444 g/mol. The fourth-order valence-corrected chi connectivity index (χ4v) is 5.85. The molecule has 36 heavy (non-hydrogen) atoms. The number of hydrogen-bond acceptors (Lipinski definition) is 2. The topological polar surface area (TPSA) is 42.3 Å². The second kappa shape index (κ2) is 8.94. The fourth-order valence-electron chi connectivity index (χ4n) is 5.85. The molecule has 0 fully saturated rings. The first-order valence-corrected chi connectivity index (χ1v) is 13.0. The van der Waals surface area contributed by atoms with Crippen LogP contribution < -0.4 is 0 Å². The molecule has 1 aliphatic heterocycles. The summed E-state index contributed by atoms with van der Waals surface area (Å²) in [6.45, 7) is 4.81. The summed E-state index contributed by atoms with van der Waals surface area (Å²) in [6, 6.07) is 26.6. The summed E-state index contributed by atoms with van der Waals surface area (Å²) >= 11 is 0. The van der Waals surface area contributed by atoms with Crippen LogP contribution in [0.2, 0.25) is 0 Å². The van der Waals surface area contributed by atoms with Crippen molar-refractivity contribution in [3.8, 4) is 5.69 Å². The number of fused-ring (bicyclic) bond motifs is 3. The van der Waals surface area contributed by atoms with E-state index in [9.17, 15) is 9.59 Å². The summed E-state index contributed by atoms with van der Waals surface area (Å²) in [6.07, 6.45) is 4.23. The predicted molar refractivity (Wildman–Crippen MR) is 147 cm³/mol. The van der Waals surface area contributed by atoms with E-state index in [1.807, 2.05) is 30.3 Å². The molecule has 0 aliphatic carbocycles. The van der Waals surface area contributed by atoms with E-state index < -0.39 is 0 Å². The largest absolute Gasteiger partial charge is 0.309 e. The van der Waals surface area contributed by atoms with Gasteiger partial charge in [0.05, 0.1) is 16.7 Å². The third kappa shape index (κ3) is 3.35. The monoisotopic (exact) mass is 474 g/mol. The lowest BCUT2D eigenvalue weighted by molar-refractivity contribution is 0.0580. The normalized spacial score (nSPS) is 14.3. The Balaban J connectivity index is 1.54. The van der Waals surface area contributed by atoms with Crippen LogP contribution in [-0.2, 0) is 0 Å². The van der Waals surface area contributed by atoms with E-state index in [1.54, 1.807) is 0 Å². The van der Waals surface area contributed by atoms with Crippen molar-refractivity contribution in [1.29, 1.82) is 0 Å².